The van der Waals surface area contributed by atoms with E-state index in [0.29, 0.717) is 10.6 Å². The van der Waals surface area contributed by atoms with Gasteiger partial charge in [0.2, 0.25) is 0 Å². The third-order valence-corrected chi connectivity index (χ3v) is 2.68. The minimum Gasteiger partial charge on any atom is -0.386 e. The monoisotopic (exact) mass is 206 g/mol. The first kappa shape index (κ1) is 10.6. The van der Waals surface area contributed by atoms with E-state index in [4.69, 9.17) is 16.3 Å². The first-order chi connectivity index (χ1) is 6.45. The van der Waals surface area contributed by atoms with Gasteiger partial charge in [0.25, 0.3) is 0 Å². The molecule has 72 valence electrons. The summed E-state index contributed by atoms with van der Waals surface area (Å²) in [6.07, 6.45) is 0. The molecule has 0 radical (unpaired) electrons. The number of nitrogens with zero attached hydrogens (tertiary/aromatic N) is 3. The molecular formula is C9H10N4S. The molecule has 1 unspecified atom stereocenters. The number of nitrogens with two attached hydrogens (primary N) is 1. The van der Waals surface area contributed by atoms with Crippen molar-refractivity contribution in [1.29, 1.82) is 10.5 Å². The van der Waals surface area contributed by atoms with Crippen molar-refractivity contribution >= 4 is 18.5 Å². The lowest BCUT2D eigenvalue weighted by Crippen LogP contribution is -2.38. The van der Waals surface area contributed by atoms with E-state index in [2.05, 4.69) is 23.7 Å². The molecule has 0 aromatic carbocycles. The summed E-state index contributed by atoms with van der Waals surface area (Å²) in [6.45, 7) is 3.58. The van der Waals surface area contributed by atoms with Crippen molar-refractivity contribution in [3.63, 3.8) is 0 Å². The van der Waals surface area contributed by atoms with E-state index in [-0.39, 0.29) is 5.84 Å². The van der Waals surface area contributed by atoms with Crippen LogP contribution in [-0.4, -0.2) is 5.84 Å². The Bertz CT molecular complexity index is 406. The summed E-state index contributed by atoms with van der Waals surface area (Å²) < 4.78 is 0. The standard InChI is InChI=1S/C9H10N4S/c1-9(2)5(3-10)7(12)13-8(14)6(9)4-11/h5,14H,1-2H3,(H2,12,13). The second kappa shape index (κ2) is 3.36. The van der Waals surface area contributed by atoms with Crippen LogP contribution in [0.5, 0.6) is 0 Å². The zero-order chi connectivity index (χ0) is 10.9. The molecule has 1 aliphatic heterocycles. The molecule has 14 heavy (non-hydrogen) atoms. The fourth-order valence-corrected chi connectivity index (χ4v) is 1.92. The Morgan fingerprint density at radius 1 is 1.50 bits per heavy atom. The highest BCUT2D eigenvalue weighted by atomic mass is 32.1. The van der Waals surface area contributed by atoms with Gasteiger partial charge < -0.3 is 5.73 Å². The fourth-order valence-electron chi connectivity index (χ4n) is 1.47. The molecule has 0 aromatic heterocycles. The SMILES string of the molecule is CC1(C)C(C#N)=C(S)N=C(N)C1C#N. The van der Waals surface area contributed by atoms with Crippen LogP contribution in [-0.2, 0) is 0 Å². The summed E-state index contributed by atoms with van der Waals surface area (Å²) in [6, 6.07) is 4.07. The van der Waals surface area contributed by atoms with Crippen LogP contribution in [0.2, 0.25) is 0 Å². The number of nitriles is 2. The van der Waals surface area contributed by atoms with Crippen molar-refractivity contribution in [2.45, 2.75) is 13.8 Å². The number of hydrogen-bond acceptors (Lipinski definition) is 5. The summed E-state index contributed by atoms with van der Waals surface area (Å²) >= 11 is 4.07. The van der Waals surface area contributed by atoms with Gasteiger partial charge in [-0.05, 0) is 0 Å². The van der Waals surface area contributed by atoms with Gasteiger partial charge in [0.1, 0.15) is 16.8 Å². The average molecular weight is 206 g/mol. The largest absolute Gasteiger partial charge is 0.386 e. The molecule has 0 fully saturated rings. The second-order valence-electron chi connectivity index (χ2n) is 3.63. The Balaban J connectivity index is 3.38. The Morgan fingerprint density at radius 3 is 2.50 bits per heavy atom. The van der Waals surface area contributed by atoms with Gasteiger partial charge in [-0.15, -0.1) is 12.6 Å². The number of allylic oxidation sites excluding steroid dienone is 1. The normalized spacial score (nSPS) is 24.9. The molecule has 1 heterocycles. The van der Waals surface area contributed by atoms with Gasteiger partial charge in [-0.25, -0.2) is 4.99 Å². The minimum atomic E-state index is -0.619. The van der Waals surface area contributed by atoms with Crippen LogP contribution in [0.1, 0.15) is 13.8 Å². The maximum absolute atomic E-state index is 8.93. The number of rotatable bonds is 0. The molecule has 5 heteroatoms. The first-order valence-electron chi connectivity index (χ1n) is 4.02. The number of thiol groups is 1. The lowest BCUT2D eigenvalue weighted by molar-refractivity contribution is 0.401. The van der Waals surface area contributed by atoms with E-state index in [1.165, 1.54) is 0 Å². The van der Waals surface area contributed by atoms with Crippen LogP contribution in [0.15, 0.2) is 15.6 Å². The Morgan fingerprint density at radius 2 is 2.07 bits per heavy atom. The fraction of sp³-hybridized carbons (Fsp3) is 0.444. The number of hydrogen-bond donors (Lipinski definition) is 2. The summed E-state index contributed by atoms with van der Waals surface area (Å²) in [7, 11) is 0. The summed E-state index contributed by atoms with van der Waals surface area (Å²) in [5, 5.41) is 18.2. The molecule has 0 saturated carbocycles. The highest BCUT2D eigenvalue weighted by molar-refractivity contribution is 7.84. The van der Waals surface area contributed by atoms with Crippen LogP contribution in [0, 0.1) is 34.0 Å². The van der Waals surface area contributed by atoms with Crippen molar-refractivity contribution in [3.8, 4) is 12.1 Å². The summed E-state index contributed by atoms with van der Waals surface area (Å²) in [5.41, 5.74) is 5.39. The van der Waals surface area contributed by atoms with Gasteiger partial charge in [-0.3, -0.25) is 0 Å². The minimum absolute atomic E-state index is 0.224. The van der Waals surface area contributed by atoms with Crippen LogP contribution in [0.25, 0.3) is 0 Å². The van der Waals surface area contributed by atoms with Gasteiger partial charge in [-0.2, -0.15) is 10.5 Å². The van der Waals surface area contributed by atoms with E-state index < -0.39 is 11.3 Å². The molecule has 0 spiro atoms. The molecule has 1 aliphatic rings. The highest BCUT2D eigenvalue weighted by Crippen LogP contribution is 2.40. The van der Waals surface area contributed by atoms with Gasteiger partial charge >= 0.3 is 0 Å². The molecule has 4 nitrogen and oxygen atoms in total. The molecule has 0 aromatic rings. The molecule has 0 amide bonds. The van der Waals surface area contributed by atoms with E-state index in [9.17, 15) is 0 Å². The van der Waals surface area contributed by atoms with Gasteiger partial charge in [0.15, 0.2) is 0 Å². The van der Waals surface area contributed by atoms with Crippen molar-refractivity contribution in [2.24, 2.45) is 22.1 Å². The molecule has 0 aliphatic carbocycles. The number of aliphatic imine (C=N–C) groups is 1. The lowest BCUT2D eigenvalue weighted by atomic mass is 9.72. The van der Waals surface area contributed by atoms with Crippen LogP contribution in [0.3, 0.4) is 0 Å². The summed E-state index contributed by atoms with van der Waals surface area (Å²) in [5.74, 6) is -0.338. The van der Waals surface area contributed by atoms with Gasteiger partial charge in [0.05, 0.1) is 17.7 Å². The zero-order valence-corrected chi connectivity index (χ0v) is 8.84. The second-order valence-corrected chi connectivity index (χ2v) is 4.05. The van der Waals surface area contributed by atoms with Crippen LogP contribution < -0.4 is 5.73 Å². The predicted octanol–water partition coefficient (Wildman–Crippen LogP) is 1.19. The van der Waals surface area contributed by atoms with Crippen molar-refractivity contribution in [3.05, 3.63) is 10.6 Å². The van der Waals surface area contributed by atoms with E-state index in [1.54, 1.807) is 13.8 Å². The lowest BCUT2D eigenvalue weighted by Gasteiger charge is -2.32. The van der Waals surface area contributed by atoms with Crippen molar-refractivity contribution in [2.75, 3.05) is 0 Å². The number of amidine groups is 1. The van der Waals surface area contributed by atoms with Crippen LogP contribution in [0.4, 0.5) is 0 Å². The maximum Gasteiger partial charge on any atom is 0.119 e. The third kappa shape index (κ3) is 1.36. The van der Waals surface area contributed by atoms with E-state index >= 15 is 0 Å². The van der Waals surface area contributed by atoms with E-state index in [0.717, 1.165) is 0 Å². The van der Waals surface area contributed by atoms with Gasteiger partial charge in [0, 0.05) is 5.41 Å². The first-order valence-corrected chi connectivity index (χ1v) is 4.47. The van der Waals surface area contributed by atoms with Crippen molar-refractivity contribution in [1.82, 2.24) is 0 Å². The Hall–Kier alpha value is -1.46. The molecule has 0 saturated heterocycles. The predicted molar refractivity (Wildman–Crippen MR) is 56.1 cm³/mol. The summed E-state index contributed by atoms with van der Waals surface area (Å²) in [4.78, 5) is 3.88. The zero-order valence-electron chi connectivity index (χ0n) is 7.94. The van der Waals surface area contributed by atoms with E-state index in [1.807, 2.05) is 6.07 Å². The molecule has 0 bridgehead atoms. The maximum atomic E-state index is 8.93. The highest BCUT2D eigenvalue weighted by Gasteiger charge is 2.40. The topological polar surface area (TPSA) is 86.0 Å². The molecule has 2 N–H and O–H groups in total. The average Bonchev–Trinajstić information content (AvgIpc) is 2.02. The molecule has 1 rings (SSSR count). The Labute approximate surface area is 88.1 Å². The molecule has 1 atom stereocenters. The molecular weight excluding hydrogens is 196 g/mol. The smallest absolute Gasteiger partial charge is 0.119 e. The quantitative estimate of drug-likeness (QED) is 0.584. The van der Waals surface area contributed by atoms with Crippen LogP contribution >= 0.6 is 12.6 Å². The third-order valence-electron chi connectivity index (χ3n) is 2.36. The van der Waals surface area contributed by atoms with Gasteiger partial charge in [-0.1, -0.05) is 13.8 Å². The van der Waals surface area contributed by atoms with Crippen molar-refractivity contribution < 1.29 is 0 Å². The Kier molecular flexibility index (Phi) is 2.55.